The van der Waals surface area contributed by atoms with E-state index in [2.05, 4.69) is 10.2 Å². The molecule has 0 aliphatic carbocycles. The van der Waals surface area contributed by atoms with Crippen molar-refractivity contribution in [3.63, 3.8) is 0 Å². The number of hydrogen-bond acceptors (Lipinski definition) is 6. The minimum Gasteiger partial charge on any atom is -0.505 e. The second-order valence-corrected chi connectivity index (χ2v) is 8.18. The Morgan fingerprint density at radius 1 is 0.727 bits per heavy atom. The van der Waals surface area contributed by atoms with Gasteiger partial charge in [0.25, 0.3) is 0 Å². The third kappa shape index (κ3) is 4.60. The van der Waals surface area contributed by atoms with E-state index >= 15 is 0 Å². The Bertz CT molecular complexity index is 1310. The maximum absolute atomic E-state index is 10.7. The molecule has 6 heteroatoms. The van der Waals surface area contributed by atoms with Gasteiger partial charge in [0.05, 0.1) is 11.8 Å². The molecule has 0 aliphatic heterocycles. The summed E-state index contributed by atoms with van der Waals surface area (Å²) < 4.78 is 5.93. The molecule has 0 fully saturated rings. The predicted molar refractivity (Wildman–Crippen MR) is 129 cm³/mol. The standard InChI is InChI=1S/C27H26N2O4/c1-16(2)33-25-15-23(26(31)22-8-5-4-7-21(22)25)29-28-19-13-11-18(12-14-19)17(3)20-9-6-10-24(30)27(20)32/h4-17,30-32H,1-3H3. The number of benzene rings is 4. The molecule has 4 rings (SSSR count). The Morgan fingerprint density at radius 2 is 1.42 bits per heavy atom. The van der Waals surface area contributed by atoms with E-state index in [-0.39, 0.29) is 29.3 Å². The molecule has 6 nitrogen and oxygen atoms in total. The van der Waals surface area contributed by atoms with E-state index in [1.54, 1.807) is 18.2 Å². The average Bonchev–Trinajstić information content (AvgIpc) is 2.81. The number of azo groups is 1. The van der Waals surface area contributed by atoms with Crippen LogP contribution in [-0.2, 0) is 0 Å². The molecule has 0 heterocycles. The Kier molecular flexibility index (Phi) is 6.18. The van der Waals surface area contributed by atoms with Crippen LogP contribution in [0.3, 0.4) is 0 Å². The maximum atomic E-state index is 10.7. The van der Waals surface area contributed by atoms with Crippen molar-refractivity contribution in [3.8, 4) is 23.0 Å². The lowest BCUT2D eigenvalue weighted by Crippen LogP contribution is -2.05. The summed E-state index contributed by atoms with van der Waals surface area (Å²) in [4.78, 5) is 0. The van der Waals surface area contributed by atoms with Crippen LogP contribution in [0.1, 0.15) is 37.8 Å². The molecule has 4 aromatic carbocycles. The summed E-state index contributed by atoms with van der Waals surface area (Å²) in [6, 6.07) is 21.5. The largest absolute Gasteiger partial charge is 0.505 e. The van der Waals surface area contributed by atoms with Crippen molar-refractivity contribution in [1.82, 2.24) is 0 Å². The first-order valence-corrected chi connectivity index (χ1v) is 10.8. The Hall–Kier alpha value is -4.06. The van der Waals surface area contributed by atoms with Crippen LogP contribution >= 0.6 is 0 Å². The highest BCUT2D eigenvalue weighted by Gasteiger charge is 2.15. The maximum Gasteiger partial charge on any atom is 0.161 e. The Balaban J connectivity index is 1.62. The highest BCUT2D eigenvalue weighted by molar-refractivity contribution is 5.97. The zero-order valence-electron chi connectivity index (χ0n) is 18.7. The lowest BCUT2D eigenvalue weighted by atomic mass is 9.92. The van der Waals surface area contributed by atoms with Gasteiger partial charge in [-0.25, -0.2) is 0 Å². The molecule has 3 N–H and O–H groups in total. The number of phenolic OH excluding ortho intramolecular Hbond substituents is 3. The second kappa shape index (κ2) is 9.20. The number of para-hydroxylation sites is 1. The molecule has 0 spiro atoms. The van der Waals surface area contributed by atoms with Gasteiger partial charge in [-0.1, -0.05) is 55.5 Å². The molecule has 168 valence electrons. The first-order valence-electron chi connectivity index (χ1n) is 10.8. The topological polar surface area (TPSA) is 94.6 Å². The van der Waals surface area contributed by atoms with Crippen LogP contribution in [0, 0.1) is 0 Å². The summed E-state index contributed by atoms with van der Waals surface area (Å²) in [5.74, 6) is 0.321. The van der Waals surface area contributed by atoms with Crippen molar-refractivity contribution < 1.29 is 20.1 Å². The molecule has 0 saturated heterocycles. The molecular formula is C27H26N2O4. The quantitative estimate of drug-likeness (QED) is 0.215. The van der Waals surface area contributed by atoms with Crippen LogP contribution in [0.4, 0.5) is 11.4 Å². The monoisotopic (exact) mass is 442 g/mol. The fraction of sp³-hybridized carbons (Fsp3) is 0.185. The van der Waals surface area contributed by atoms with E-state index in [4.69, 9.17) is 4.74 Å². The molecule has 33 heavy (non-hydrogen) atoms. The van der Waals surface area contributed by atoms with Crippen LogP contribution in [-0.4, -0.2) is 21.4 Å². The summed E-state index contributed by atoms with van der Waals surface area (Å²) >= 11 is 0. The number of phenols is 3. The first-order chi connectivity index (χ1) is 15.8. The van der Waals surface area contributed by atoms with Crippen molar-refractivity contribution in [2.45, 2.75) is 32.8 Å². The van der Waals surface area contributed by atoms with E-state index in [1.807, 2.05) is 69.3 Å². The van der Waals surface area contributed by atoms with Gasteiger partial charge in [-0.3, -0.25) is 0 Å². The van der Waals surface area contributed by atoms with Crippen LogP contribution in [0.2, 0.25) is 0 Å². The summed E-state index contributed by atoms with van der Waals surface area (Å²) in [6.45, 7) is 5.85. The van der Waals surface area contributed by atoms with Crippen molar-refractivity contribution in [1.29, 1.82) is 0 Å². The van der Waals surface area contributed by atoms with E-state index in [1.165, 1.54) is 6.07 Å². The SMILES string of the molecule is CC(C)Oc1cc(N=Nc2ccc(C(C)c3cccc(O)c3O)cc2)c(O)c2ccccc12. The molecule has 0 radical (unpaired) electrons. The first kappa shape index (κ1) is 22.1. The molecule has 0 bridgehead atoms. The Labute approximate surface area is 192 Å². The summed E-state index contributed by atoms with van der Waals surface area (Å²) in [5.41, 5.74) is 2.54. The van der Waals surface area contributed by atoms with Crippen LogP contribution in [0.15, 0.2) is 83.0 Å². The summed E-state index contributed by atoms with van der Waals surface area (Å²) in [5, 5.41) is 40.7. The molecule has 0 aromatic heterocycles. The number of fused-ring (bicyclic) bond motifs is 1. The minimum absolute atomic E-state index is 0.0248. The van der Waals surface area contributed by atoms with Crippen molar-refractivity contribution in [2.24, 2.45) is 10.2 Å². The number of nitrogens with zero attached hydrogens (tertiary/aromatic N) is 2. The van der Waals surface area contributed by atoms with E-state index in [9.17, 15) is 15.3 Å². The number of rotatable bonds is 6. The van der Waals surface area contributed by atoms with Gasteiger partial charge in [0.1, 0.15) is 11.4 Å². The van der Waals surface area contributed by atoms with Crippen LogP contribution in [0.5, 0.6) is 23.0 Å². The molecular weight excluding hydrogens is 416 g/mol. The van der Waals surface area contributed by atoms with Gasteiger partial charge in [-0.15, -0.1) is 5.11 Å². The lowest BCUT2D eigenvalue weighted by molar-refractivity contribution is 0.245. The highest BCUT2D eigenvalue weighted by atomic mass is 16.5. The molecule has 4 aromatic rings. The van der Waals surface area contributed by atoms with Gasteiger partial charge in [-0.2, -0.15) is 5.11 Å². The number of ether oxygens (including phenoxy) is 1. The smallest absolute Gasteiger partial charge is 0.161 e. The van der Waals surface area contributed by atoms with Crippen molar-refractivity contribution in [2.75, 3.05) is 0 Å². The van der Waals surface area contributed by atoms with Gasteiger partial charge in [-0.05, 0) is 37.6 Å². The minimum atomic E-state index is -0.138. The lowest BCUT2D eigenvalue weighted by Gasteiger charge is -2.15. The Morgan fingerprint density at radius 3 is 2.12 bits per heavy atom. The molecule has 1 atom stereocenters. The summed E-state index contributed by atoms with van der Waals surface area (Å²) in [6.07, 6.45) is -0.0248. The number of aromatic hydroxyl groups is 3. The number of hydrogen-bond donors (Lipinski definition) is 3. The molecule has 1 unspecified atom stereocenters. The van der Waals surface area contributed by atoms with Gasteiger partial charge in [0.15, 0.2) is 17.2 Å². The second-order valence-electron chi connectivity index (χ2n) is 8.18. The zero-order chi connectivity index (χ0) is 23.5. The average molecular weight is 443 g/mol. The zero-order valence-corrected chi connectivity index (χ0v) is 18.7. The van der Waals surface area contributed by atoms with E-state index < -0.39 is 0 Å². The highest BCUT2D eigenvalue weighted by Crippen LogP contribution is 2.42. The fourth-order valence-corrected chi connectivity index (χ4v) is 3.76. The fourth-order valence-electron chi connectivity index (χ4n) is 3.76. The van der Waals surface area contributed by atoms with E-state index in [0.717, 1.165) is 10.9 Å². The molecule has 0 amide bonds. The van der Waals surface area contributed by atoms with Crippen LogP contribution < -0.4 is 4.74 Å². The van der Waals surface area contributed by atoms with Gasteiger partial charge in [0.2, 0.25) is 0 Å². The molecule has 0 saturated carbocycles. The van der Waals surface area contributed by atoms with Crippen molar-refractivity contribution >= 4 is 22.1 Å². The van der Waals surface area contributed by atoms with Crippen LogP contribution in [0.25, 0.3) is 10.8 Å². The molecule has 0 aliphatic rings. The van der Waals surface area contributed by atoms with Gasteiger partial charge in [0, 0.05) is 28.3 Å². The van der Waals surface area contributed by atoms with E-state index in [0.29, 0.717) is 28.1 Å². The predicted octanol–water partition coefficient (Wildman–Crippen LogP) is 7.31. The normalized spacial score (nSPS) is 12.5. The van der Waals surface area contributed by atoms with Crippen molar-refractivity contribution in [3.05, 3.63) is 83.9 Å². The van der Waals surface area contributed by atoms with Gasteiger partial charge < -0.3 is 20.1 Å². The summed E-state index contributed by atoms with van der Waals surface area (Å²) in [7, 11) is 0. The third-order valence-corrected chi connectivity index (χ3v) is 5.50. The third-order valence-electron chi connectivity index (χ3n) is 5.50. The van der Waals surface area contributed by atoms with Gasteiger partial charge >= 0.3 is 0 Å².